The smallest absolute Gasteiger partial charge is 0.130 e. The number of benzene rings is 2. The molecule has 4 rings (SSSR count). The van der Waals surface area contributed by atoms with Gasteiger partial charge in [0.25, 0.3) is 0 Å². The molecule has 144 valence electrons. The second-order valence-corrected chi connectivity index (χ2v) is 9.88. The zero-order chi connectivity index (χ0) is 19.0. The summed E-state index contributed by atoms with van der Waals surface area (Å²) in [5.41, 5.74) is 3.48. The minimum absolute atomic E-state index is 0.0184. The molecule has 0 aromatic heterocycles. The van der Waals surface area contributed by atoms with Crippen LogP contribution in [0.3, 0.4) is 0 Å². The number of aliphatic hydroxyl groups excluding tert-OH is 1. The first kappa shape index (κ1) is 18.9. The van der Waals surface area contributed by atoms with Crippen LogP contribution in [0.1, 0.15) is 50.0 Å². The number of thioether (sulfide) groups is 1. The maximum absolute atomic E-state index is 10.1. The van der Waals surface area contributed by atoms with E-state index in [4.69, 9.17) is 9.47 Å². The van der Waals surface area contributed by atoms with Gasteiger partial charge in [-0.25, -0.2) is 0 Å². The van der Waals surface area contributed by atoms with Gasteiger partial charge in [0.2, 0.25) is 0 Å². The van der Waals surface area contributed by atoms with Gasteiger partial charge < -0.3 is 14.6 Å². The first-order valence-electron chi connectivity index (χ1n) is 9.75. The maximum atomic E-state index is 10.1. The van der Waals surface area contributed by atoms with E-state index < -0.39 is 6.10 Å². The molecule has 0 radical (unpaired) electrons. The number of aliphatic hydroxyl groups is 1. The molecule has 0 amide bonds. The molecule has 3 nitrogen and oxygen atoms in total. The SMILES string of the molecule is C[C@@H](O)[C@@H]1O[C@H]2c3cccc(OCc4ccccc4)c3CC[C@H]2C(C)(C)S1. The van der Waals surface area contributed by atoms with Gasteiger partial charge >= 0.3 is 0 Å². The van der Waals surface area contributed by atoms with Crippen molar-refractivity contribution in [2.75, 3.05) is 0 Å². The van der Waals surface area contributed by atoms with Crippen molar-refractivity contribution in [1.29, 1.82) is 0 Å². The minimum Gasteiger partial charge on any atom is -0.489 e. The van der Waals surface area contributed by atoms with Gasteiger partial charge in [0.05, 0.1) is 12.2 Å². The Labute approximate surface area is 166 Å². The number of hydrogen-bond donors (Lipinski definition) is 1. The number of rotatable bonds is 4. The van der Waals surface area contributed by atoms with Crippen LogP contribution in [0.5, 0.6) is 5.75 Å². The van der Waals surface area contributed by atoms with E-state index in [-0.39, 0.29) is 16.3 Å². The highest BCUT2D eigenvalue weighted by Gasteiger charge is 2.48. The topological polar surface area (TPSA) is 38.7 Å². The Morgan fingerprint density at radius 1 is 1.19 bits per heavy atom. The van der Waals surface area contributed by atoms with Crippen LogP contribution >= 0.6 is 11.8 Å². The number of ether oxygens (including phenoxy) is 2. The summed E-state index contributed by atoms with van der Waals surface area (Å²) >= 11 is 1.77. The summed E-state index contributed by atoms with van der Waals surface area (Å²) in [6, 6.07) is 16.6. The second-order valence-electron chi connectivity index (χ2n) is 8.13. The molecule has 1 saturated heterocycles. The minimum atomic E-state index is -0.488. The van der Waals surface area contributed by atoms with Crippen LogP contribution in [-0.4, -0.2) is 21.4 Å². The fourth-order valence-corrected chi connectivity index (χ4v) is 5.69. The predicted molar refractivity (Wildman–Crippen MR) is 110 cm³/mol. The van der Waals surface area contributed by atoms with Gasteiger partial charge in [0, 0.05) is 10.7 Å². The zero-order valence-corrected chi connectivity index (χ0v) is 17.0. The number of fused-ring (bicyclic) bond motifs is 3. The first-order valence-corrected chi connectivity index (χ1v) is 10.6. The zero-order valence-electron chi connectivity index (χ0n) is 16.2. The highest BCUT2D eigenvalue weighted by Crippen LogP contribution is 2.55. The molecule has 0 bridgehead atoms. The third-order valence-corrected chi connectivity index (χ3v) is 7.42. The summed E-state index contributed by atoms with van der Waals surface area (Å²) in [6.07, 6.45) is 1.62. The first-order chi connectivity index (χ1) is 13.0. The van der Waals surface area contributed by atoms with Crippen molar-refractivity contribution in [3.8, 4) is 5.75 Å². The third-order valence-electron chi connectivity index (χ3n) is 5.77. The van der Waals surface area contributed by atoms with Crippen molar-refractivity contribution in [3.05, 3.63) is 65.2 Å². The lowest BCUT2D eigenvalue weighted by molar-refractivity contribution is -0.0745. The molecule has 4 atom stereocenters. The molecule has 1 aliphatic carbocycles. The van der Waals surface area contributed by atoms with E-state index >= 15 is 0 Å². The summed E-state index contributed by atoms with van der Waals surface area (Å²) < 4.78 is 12.6. The van der Waals surface area contributed by atoms with Crippen LogP contribution in [0.15, 0.2) is 48.5 Å². The Morgan fingerprint density at radius 2 is 1.96 bits per heavy atom. The Bertz CT molecular complexity index is 787. The Morgan fingerprint density at radius 3 is 2.70 bits per heavy atom. The largest absolute Gasteiger partial charge is 0.489 e. The average Bonchev–Trinajstić information content (AvgIpc) is 2.66. The van der Waals surface area contributed by atoms with E-state index in [9.17, 15) is 5.11 Å². The summed E-state index contributed by atoms with van der Waals surface area (Å²) in [7, 11) is 0. The van der Waals surface area contributed by atoms with E-state index in [1.54, 1.807) is 11.8 Å². The van der Waals surface area contributed by atoms with Gasteiger partial charge in [-0.3, -0.25) is 0 Å². The van der Waals surface area contributed by atoms with Crippen molar-refractivity contribution in [2.24, 2.45) is 5.92 Å². The van der Waals surface area contributed by atoms with Crippen LogP contribution in [0.25, 0.3) is 0 Å². The van der Waals surface area contributed by atoms with E-state index in [0.29, 0.717) is 12.5 Å². The summed E-state index contributed by atoms with van der Waals surface area (Å²) in [4.78, 5) is 0. The molecule has 2 aromatic carbocycles. The van der Waals surface area contributed by atoms with Crippen molar-refractivity contribution >= 4 is 11.8 Å². The summed E-state index contributed by atoms with van der Waals surface area (Å²) in [6.45, 7) is 6.96. The van der Waals surface area contributed by atoms with Crippen molar-refractivity contribution in [1.82, 2.24) is 0 Å². The Kier molecular flexibility index (Phi) is 5.23. The highest BCUT2D eigenvalue weighted by molar-refractivity contribution is 8.01. The summed E-state index contributed by atoms with van der Waals surface area (Å²) in [5.74, 6) is 1.40. The molecular weight excluding hydrogens is 356 g/mol. The van der Waals surface area contributed by atoms with Crippen molar-refractivity contribution in [2.45, 2.75) is 62.6 Å². The van der Waals surface area contributed by atoms with Crippen LogP contribution in [-0.2, 0) is 17.8 Å². The highest BCUT2D eigenvalue weighted by atomic mass is 32.2. The fourth-order valence-electron chi connectivity index (χ4n) is 4.31. The fraction of sp³-hybridized carbons (Fsp3) is 0.478. The Balaban J connectivity index is 1.61. The Hall–Kier alpha value is -1.49. The lowest BCUT2D eigenvalue weighted by atomic mass is 9.75. The van der Waals surface area contributed by atoms with E-state index in [1.807, 2.05) is 25.1 Å². The van der Waals surface area contributed by atoms with Gasteiger partial charge in [-0.15, -0.1) is 11.8 Å². The normalized spacial score (nSPS) is 27.3. The molecule has 2 aromatic rings. The van der Waals surface area contributed by atoms with E-state index in [0.717, 1.165) is 18.6 Å². The van der Waals surface area contributed by atoms with Crippen LogP contribution in [0.2, 0.25) is 0 Å². The molecule has 1 heterocycles. The molecule has 1 aliphatic heterocycles. The number of hydrogen-bond acceptors (Lipinski definition) is 4. The van der Waals surface area contributed by atoms with Crippen LogP contribution in [0, 0.1) is 5.92 Å². The van der Waals surface area contributed by atoms with Gasteiger partial charge in [0.1, 0.15) is 17.8 Å². The van der Waals surface area contributed by atoms with Crippen LogP contribution < -0.4 is 4.74 Å². The summed E-state index contributed by atoms with van der Waals surface area (Å²) in [5, 5.41) is 10.1. The van der Waals surface area contributed by atoms with Crippen molar-refractivity contribution < 1.29 is 14.6 Å². The van der Waals surface area contributed by atoms with E-state index in [2.05, 4.69) is 44.2 Å². The standard InChI is InChI=1S/C23H28O3S/c1-15(24)22-26-21-18-10-7-11-20(25-14-16-8-5-4-6-9-16)17(18)12-13-19(21)23(2,3)27-22/h4-11,15,19,21-22,24H,12-14H2,1-3H3/t15-,19-,21+,22-/m1/s1. The molecular formula is C23H28O3S. The van der Waals surface area contributed by atoms with Crippen molar-refractivity contribution in [3.63, 3.8) is 0 Å². The molecule has 1 fully saturated rings. The molecule has 0 saturated carbocycles. The molecule has 4 heteroatoms. The molecule has 0 spiro atoms. The van der Waals surface area contributed by atoms with Gasteiger partial charge in [-0.2, -0.15) is 0 Å². The lowest BCUT2D eigenvalue weighted by Crippen LogP contribution is -2.46. The van der Waals surface area contributed by atoms with Gasteiger partial charge in [-0.05, 0) is 42.5 Å². The molecule has 27 heavy (non-hydrogen) atoms. The van der Waals surface area contributed by atoms with Gasteiger partial charge in [-0.1, -0.05) is 56.3 Å². The molecule has 2 aliphatic rings. The lowest BCUT2D eigenvalue weighted by Gasteiger charge is -2.50. The average molecular weight is 385 g/mol. The second kappa shape index (κ2) is 7.50. The molecule has 0 unspecified atom stereocenters. The third kappa shape index (κ3) is 3.75. The predicted octanol–water partition coefficient (Wildman–Crippen LogP) is 5.12. The van der Waals surface area contributed by atoms with E-state index in [1.165, 1.54) is 16.7 Å². The van der Waals surface area contributed by atoms with Crippen LogP contribution in [0.4, 0.5) is 0 Å². The monoisotopic (exact) mass is 384 g/mol. The van der Waals surface area contributed by atoms with Gasteiger partial charge in [0.15, 0.2) is 0 Å². The molecule has 1 N–H and O–H groups in total. The quantitative estimate of drug-likeness (QED) is 0.794. The maximum Gasteiger partial charge on any atom is 0.130 e.